The Labute approximate surface area is 163 Å². The lowest BCUT2D eigenvalue weighted by Crippen LogP contribution is -2.49. The number of rotatable bonds is 4. The second-order valence-corrected chi connectivity index (χ2v) is 6.78. The average molecular weight is 378 g/mol. The number of hydrogen-bond donors (Lipinski definition) is 1. The lowest BCUT2D eigenvalue weighted by Gasteiger charge is -2.36. The van der Waals surface area contributed by atoms with Gasteiger partial charge in [-0.15, -0.1) is 0 Å². The van der Waals surface area contributed by atoms with Crippen molar-refractivity contribution in [2.24, 2.45) is 0 Å². The Morgan fingerprint density at radius 3 is 2.46 bits per heavy atom. The van der Waals surface area contributed by atoms with Crippen LogP contribution in [-0.2, 0) is 0 Å². The summed E-state index contributed by atoms with van der Waals surface area (Å²) in [4.78, 5) is 25.8. The topological polar surface area (TPSA) is 87.4 Å². The molecule has 1 amide bonds. The molecule has 1 fully saturated rings. The van der Waals surface area contributed by atoms with Gasteiger partial charge in [0.05, 0.1) is 0 Å². The summed E-state index contributed by atoms with van der Waals surface area (Å²) in [6.07, 6.45) is 0. The second-order valence-electron chi connectivity index (χ2n) is 6.78. The van der Waals surface area contributed by atoms with Gasteiger partial charge in [0.1, 0.15) is 11.5 Å². The zero-order chi connectivity index (χ0) is 19.5. The molecule has 4 rings (SSSR count). The van der Waals surface area contributed by atoms with E-state index in [4.69, 9.17) is 4.52 Å². The number of benzene rings is 1. The van der Waals surface area contributed by atoms with E-state index in [2.05, 4.69) is 37.5 Å². The number of amides is 1. The lowest BCUT2D eigenvalue weighted by atomic mass is 10.2. The van der Waals surface area contributed by atoms with Crippen LogP contribution in [0.5, 0.6) is 0 Å². The zero-order valence-electron chi connectivity index (χ0n) is 15.9. The molecule has 0 atom stereocenters. The van der Waals surface area contributed by atoms with Crippen LogP contribution in [0.1, 0.15) is 21.9 Å². The molecule has 0 bridgehead atoms. The molecule has 8 nitrogen and oxygen atoms in total. The first-order valence-electron chi connectivity index (χ1n) is 9.24. The van der Waals surface area contributed by atoms with Crippen molar-refractivity contribution in [2.45, 2.75) is 13.8 Å². The first-order valence-corrected chi connectivity index (χ1v) is 9.24. The molecule has 0 saturated carbocycles. The average Bonchev–Trinajstić information content (AvgIpc) is 3.12. The standard InChI is InChI=1S/C20H22N6O2/c1-14-12-17(22-20(21-14)23-18-13-15(2)28-24-18)19(27)26-10-8-25(9-11-26)16-6-4-3-5-7-16/h3-7,12-13H,8-11H2,1-2H3,(H,21,22,23,24). The second kappa shape index (κ2) is 7.67. The van der Waals surface area contributed by atoms with Gasteiger partial charge in [0.15, 0.2) is 5.82 Å². The molecule has 0 spiro atoms. The molecule has 0 unspecified atom stereocenters. The van der Waals surface area contributed by atoms with Gasteiger partial charge >= 0.3 is 0 Å². The van der Waals surface area contributed by atoms with Gasteiger partial charge in [-0.1, -0.05) is 23.4 Å². The zero-order valence-corrected chi connectivity index (χ0v) is 15.9. The lowest BCUT2D eigenvalue weighted by molar-refractivity contribution is 0.0740. The molecule has 0 aliphatic carbocycles. The molecule has 1 aromatic carbocycles. The number of aromatic nitrogens is 3. The maximum atomic E-state index is 13.0. The van der Waals surface area contributed by atoms with E-state index in [0.717, 1.165) is 13.1 Å². The maximum Gasteiger partial charge on any atom is 0.272 e. The normalized spacial score (nSPS) is 14.2. The smallest absolute Gasteiger partial charge is 0.272 e. The van der Waals surface area contributed by atoms with Gasteiger partial charge in [0, 0.05) is 43.6 Å². The number of para-hydroxylation sites is 1. The van der Waals surface area contributed by atoms with Crippen molar-refractivity contribution < 1.29 is 9.32 Å². The molecular formula is C20H22N6O2. The molecule has 8 heteroatoms. The van der Waals surface area contributed by atoms with Crippen molar-refractivity contribution in [3.63, 3.8) is 0 Å². The van der Waals surface area contributed by atoms with Gasteiger partial charge in [0.2, 0.25) is 5.95 Å². The Morgan fingerprint density at radius 1 is 1.04 bits per heavy atom. The molecule has 144 valence electrons. The fourth-order valence-electron chi connectivity index (χ4n) is 3.24. The van der Waals surface area contributed by atoms with Gasteiger partial charge in [0.25, 0.3) is 5.91 Å². The highest BCUT2D eigenvalue weighted by atomic mass is 16.5. The highest BCUT2D eigenvalue weighted by Gasteiger charge is 2.24. The molecule has 2 aromatic heterocycles. The van der Waals surface area contributed by atoms with Crippen molar-refractivity contribution in [1.29, 1.82) is 0 Å². The van der Waals surface area contributed by atoms with Crippen molar-refractivity contribution in [3.05, 3.63) is 59.6 Å². The Morgan fingerprint density at radius 2 is 1.79 bits per heavy atom. The number of nitrogens with one attached hydrogen (secondary N) is 1. The summed E-state index contributed by atoms with van der Waals surface area (Å²) in [7, 11) is 0. The maximum absolute atomic E-state index is 13.0. The van der Waals surface area contributed by atoms with Crippen molar-refractivity contribution in [1.82, 2.24) is 20.0 Å². The van der Waals surface area contributed by atoms with Crippen molar-refractivity contribution >= 4 is 23.4 Å². The minimum Gasteiger partial charge on any atom is -0.368 e. The van der Waals surface area contributed by atoms with E-state index in [-0.39, 0.29) is 5.91 Å². The summed E-state index contributed by atoms with van der Waals surface area (Å²) in [5.41, 5.74) is 2.27. The third-order valence-electron chi connectivity index (χ3n) is 4.63. The summed E-state index contributed by atoms with van der Waals surface area (Å²) >= 11 is 0. The van der Waals surface area contributed by atoms with E-state index in [0.29, 0.717) is 42.0 Å². The predicted molar refractivity (Wildman–Crippen MR) is 106 cm³/mol. The number of nitrogens with zero attached hydrogens (tertiary/aromatic N) is 5. The molecule has 1 aliphatic heterocycles. The van der Waals surface area contributed by atoms with Crippen molar-refractivity contribution in [3.8, 4) is 0 Å². The third-order valence-corrected chi connectivity index (χ3v) is 4.63. The summed E-state index contributed by atoms with van der Waals surface area (Å²) in [5, 5.41) is 6.86. The SMILES string of the molecule is Cc1cc(C(=O)N2CCN(c3ccccc3)CC2)nc(Nc2cc(C)on2)n1. The monoisotopic (exact) mass is 378 g/mol. The number of carbonyl (C=O) groups excluding carboxylic acids is 1. The Balaban J connectivity index is 1.45. The fraction of sp³-hybridized carbons (Fsp3) is 0.300. The molecular weight excluding hydrogens is 356 g/mol. The van der Waals surface area contributed by atoms with E-state index >= 15 is 0 Å². The summed E-state index contributed by atoms with van der Waals surface area (Å²) in [5.74, 6) is 1.44. The highest BCUT2D eigenvalue weighted by Crippen LogP contribution is 2.18. The number of anilines is 3. The van der Waals surface area contributed by atoms with Crippen LogP contribution in [-0.4, -0.2) is 52.1 Å². The van der Waals surface area contributed by atoms with Gasteiger partial charge in [-0.3, -0.25) is 4.79 Å². The van der Waals surface area contributed by atoms with Gasteiger partial charge in [-0.05, 0) is 32.0 Å². The molecule has 1 saturated heterocycles. The number of piperazine rings is 1. The van der Waals surface area contributed by atoms with Crippen LogP contribution in [0.3, 0.4) is 0 Å². The van der Waals surface area contributed by atoms with Gasteiger partial charge in [-0.2, -0.15) is 0 Å². The van der Waals surface area contributed by atoms with Gasteiger partial charge in [-0.25, -0.2) is 9.97 Å². The molecule has 1 N–H and O–H groups in total. The summed E-state index contributed by atoms with van der Waals surface area (Å²) in [6, 6.07) is 13.7. The van der Waals surface area contributed by atoms with Crippen LogP contribution < -0.4 is 10.2 Å². The fourth-order valence-corrected chi connectivity index (χ4v) is 3.24. The molecule has 28 heavy (non-hydrogen) atoms. The molecule has 3 heterocycles. The first kappa shape index (κ1) is 18.0. The van der Waals surface area contributed by atoms with Crippen LogP contribution in [0.4, 0.5) is 17.5 Å². The van der Waals surface area contributed by atoms with E-state index in [9.17, 15) is 4.79 Å². The van der Waals surface area contributed by atoms with Crippen LogP contribution in [0, 0.1) is 13.8 Å². The first-order chi connectivity index (χ1) is 13.6. The minimum absolute atomic E-state index is 0.0856. The van der Waals surface area contributed by atoms with Gasteiger partial charge < -0.3 is 19.6 Å². The Hall–Kier alpha value is -3.42. The Bertz CT molecular complexity index is 964. The van der Waals surface area contributed by atoms with Crippen molar-refractivity contribution in [2.75, 3.05) is 36.4 Å². The minimum atomic E-state index is -0.0856. The molecule has 3 aromatic rings. The summed E-state index contributed by atoms with van der Waals surface area (Å²) in [6.45, 7) is 6.54. The van der Waals surface area contributed by atoms with Crippen LogP contribution in [0.25, 0.3) is 0 Å². The van der Waals surface area contributed by atoms with Crippen LogP contribution in [0.15, 0.2) is 47.0 Å². The van der Waals surface area contributed by atoms with E-state index in [1.54, 1.807) is 19.1 Å². The quantitative estimate of drug-likeness (QED) is 0.747. The number of hydrogen-bond acceptors (Lipinski definition) is 7. The number of aryl methyl sites for hydroxylation is 2. The van der Waals surface area contributed by atoms with E-state index in [1.165, 1.54) is 5.69 Å². The Kier molecular flexibility index (Phi) is 4.92. The largest absolute Gasteiger partial charge is 0.368 e. The van der Waals surface area contributed by atoms with E-state index < -0.39 is 0 Å². The predicted octanol–water partition coefficient (Wildman–Crippen LogP) is 2.79. The van der Waals surface area contributed by atoms with Crippen LogP contribution >= 0.6 is 0 Å². The summed E-state index contributed by atoms with van der Waals surface area (Å²) < 4.78 is 5.04. The molecule has 0 radical (unpaired) electrons. The number of carbonyl (C=O) groups is 1. The third kappa shape index (κ3) is 3.95. The molecule has 1 aliphatic rings. The van der Waals surface area contributed by atoms with E-state index in [1.807, 2.05) is 30.0 Å². The highest BCUT2D eigenvalue weighted by molar-refractivity contribution is 5.93. The van der Waals surface area contributed by atoms with Crippen LogP contribution in [0.2, 0.25) is 0 Å².